The molecule has 1 N–H and O–H groups in total. The van der Waals surface area contributed by atoms with Gasteiger partial charge in [0.05, 0.1) is 17.8 Å². The summed E-state index contributed by atoms with van der Waals surface area (Å²) in [7, 11) is 0. The smallest absolute Gasteiger partial charge is 0.238 e. The zero-order valence-electron chi connectivity index (χ0n) is 15.6. The van der Waals surface area contributed by atoms with Crippen molar-refractivity contribution in [2.45, 2.75) is 6.54 Å². The molecule has 2 aromatic rings. The minimum absolute atomic E-state index is 0.0908. The Hall–Kier alpha value is -3.08. The normalized spacial score (nSPS) is 16.5. The van der Waals surface area contributed by atoms with E-state index in [1.54, 1.807) is 18.2 Å². The van der Waals surface area contributed by atoms with Gasteiger partial charge in [-0.2, -0.15) is 5.26 Å². The van der Waals surface area contributed by atoms with Gasteiger partial charge in [-0.1, -0.05) is 18.2 Å². The lowest BCUT2D eigenvalue weighted by Gasteiger charge is -2.34. The van der Waals surface area contributed by atoms with E-state index in [0.717, 1.165) is 44.2 Å². The summed E-state index contributed by atoms with van der Waals surface area (Å²) in [5.41, 5.74) is 2.24. The van der Waals surface area contributed by atoms with Crippen LogP contribution in [0.5, 0.6) is 11.5 Å². The number of hydrogen-bond acceptors (Lipinski definition) is 6. The third-order valence-corrected chi connectivity index (χ3v) is 5.00. The molecule has 0 aliphatic carbocycles. The molecule has 0 spiro atoms. The van der Waals surface area contributed by atoms with Crippen molar-refractivity contribution in [3.05, 3.63) is 53.6 Å². The molecule has 0 aromatic heterocycles. The second-order valence-electron chi connectivity index (χ2n) is 6.95. The summed E-state index contributed by atoms with van der Waals surface area (Å²) in [4.78, 5) is 16.8. The Bertz CT molecular complexity index is 901. The van der Waals surface area contributed by atoms with Crippen molar-refractivity contribution in [1.29, 1.82) is 5.26 Å². The number of piperazine rings is 1. The monoisotopic (exact) mass is 378 g/mol. The van der Waals surface area contributed by atoms with Crippen molar-refractivity contribution in [1.82, 2.24) is 9.80 Å². The van der Waals surface area contributed by atoms with Crippen LogP contribution in [0.25, 0.3) is 0 Å². The van der Waals surface area contributed by atoms with Crippen LogP contribution in [-0.2, 0) is 11.3 Å². The largest absolute Gasteiger partial charge is 0.454 e. The van der Waals surface area contributed by atoms with Crippen molar-refractivity contribution >= 4 is 11.6 Å². The van der Waals surface area contributed by atoms with Crippen molar-refractivity contribution in [2.24, 2.45) is 0 Å². The van der Waals surface area contributed by atoms with Gasteiger partial charge in [-0.05, 0) is 29.8 Å². The molecule has 2 heterocycles. The molecular weight excluding hydrogens is 356 g/mol. The summed E-state index contributed by atoms with van der Waals surface area (Å²) in [6.07, 6.45) is 0. The van der Waals surface area contributed by atoms with Crippen molar-refractivity contribution in [3.63, 3.8) is 0 Å². The number of para-hydroxylation sites is 1. The van der Waals surface area contributed by atoms with Crippen molar-refractivity contribution < 1.29 is 14.3 Å². The van der Waals surface area contributed by atoms with E-state index in [0.29, 0.717) is 24.6 Å². The number of benzene rings is 2. The molecule has 144 valence electrons. The van der Waals surface area contributed by atoms with Crippen LogP contribution in [0.3, 0.4) is 0 Å². The molecule has 1 fully saturated rings. The summed E-state index contributed by atoms with van der Waals surface area (Å²) in [5, 5.41) is 12.0. The Balaban J connectivity index is 1.25. The molecule has 0 radical (unpaired) electrons. The highest BCUT2D eigenvalue weighted by Gasteiger charge is 2.20. The molecule has 0 saturated carbocycles. The van der Waals surface area contributed by atoms with Crippen LogP contribution in [0, 0.1) is 11.3 Å². The summed E-state index contributed by atoms with van der Waals surface area (Å²) in [5.74, 6) is 1.52. The fraction of sp³-hybridized carbons (Fsp3) is 0.333. The van der Waals surface area contributed by atoms with E-state index in [2.05, 4.69) is 27.3 Å². The SMILES string of the molecule is N#Cc1ccccc1NC(=O)CN1CCN(Cc2ccc3c(c2)OCO3)CC1. The number of carbonyl (C=O) groups is 1. The van der Waals surface area contributed by atoms with Crippen LogP contribution in [0.1, 0.15) is 11.1 Å². The first-order valence-corrected chi connectivity index (χ1v) is 9.33. The molecule has 28 heavy (non-hydrogen) atoms. The Labute approximate surface area is 164 Å². The van der Waals surface area contributed by atoms with Gasteiger partial charge >= 0.3 is 0 Å². The quantitative estimate of drug-likeness (QED) is 0.858. The van der Waals surface area contributed by atoms with E-state index in [1.807, 2.05) is 18.2 Å². The van der Waals surface area contributed by atoms with E-state index < -0.39 is 0 Å². The molecular formula is C21H22N4O3. The average Bonchev–Trinajstić information content (AvgIpc) is 3.18. The number of anilines is 1. The van der Waals surface area contributed by atoms with E-state index >= 15 is 0 Å². The van der Waals surface area contributed by atoms with E-state index in [4.69, 9.17) is 14.7 Å². The minimum Gasteiger partial charge on any atom is -0.454 e. The standard InChI is InChI=1S/C21H22N4O3/c22-12-17-3-1-2-4-18(17)23-21(26)14-25-9-7-24(8-10-25)13-16-5-6-19-20(11-16)28-15-27-19/h1-6,11H,7-10,13-15H2,(H,23,26). The van der Waals surface area contributed by atoms with Crippen LogP contribution in [-0.4, -0.2) is 55.2 Å². The fourth-order valence-electron chi connectivity index (χ4n) is 3.49. The maximum Gasteiger partial charge on any atom is 0.238 e. The number of nitrogens with one attached hydrogen (secondary N) is 1. The van der Waals surface area contributed by atoms with Gasteiger partial charge in [-0.3, -0.25) is 14.6 Å². The lowest BCUT2D eigenvalue weighted by molar-refractivity contribution is -0.117. The van der Waals surface area contributed by atoms with Gasteiger partial charge in [0.15, 0.2) is 11.5 Å². The van der Waals surface area contributed by atoms with E-state index in [9.17, 15) is 4.79 Å². The third-order valence-electron chi connectivity index (χ3n) is 5.00. The molecule has 2 aliphatic rings. The highest BCUT2D eigenvalue weighted by atomic mass is 16.7. The van der Waals surface area contributed by atoms with Gasteiger partial charge < -0.3 is 14.8 Å². The van der Waals surface area contributed by atoms with Crippen LogP contribution in [0.15, 0.2) is 42.5 Å². The number of carbonyl (C=O) groups excluding carboxylic acids is 1. The van der Waals surface area contributed by atoms with Gasteiger partial charge in [0.1, 0.15) is 6.07 Å². The van der Waals surface area contributed by atoms with Crippen LogP contribution < -0.4 is 14.8 Å². The number of nitrogens with zero attached hydrogens (tertiary/aromatic N) is 3. The second-order valence-corrected chi connectivity index (χ2v) is 6.95. The molecule has 0 bridgehead atoms. The molecule has 1 amide bonds. The zero-order chi connectivity index (χ0) is 19.3. The Kier molecular flexibility index (Phi) is 5.42. The van der Waals surface area contributed by atoms with E-state index in [-0.39, 0.29) is 5.91 Å². The molecule has 1 saturated heterocycles. The first kappa shape index (κ1) is 18.3. The molecule has 2 aromatic carbocycles. The van der Waals surface area contributed by atoms with Crippen LogP contribution >= 0.6 is 0 Å². The minimum atomic E-state index is -0.0908. The van der Waals surface area contributed by atoms with Gasteiger partial charge in [-0.25, -0.2) is 0 Å². The predicted octanol–water partition coefficient (Wildman–Crippen LogP) is 2.04. The van der Waals surface area contributed by atoms with Crippen molar-refractivity contribution in [2.75, 3.05) is 44.8 Å². The summed E-state index contributed by atoms with van der Waals surface area (Å²) >= 11 is 0. The van der Waals surface area contributed by atoms with Crippen LogP contribution in [0.2, 0.25) is 0 Å². The van der Waals surface area contributed by atoms with Gasteiger partial charge in [0.2, 0.25) is 12.7 Å². The summed E-state index contributed by atoms with van der Waals surface area (Å²) in [6, 6.07) is 15.2. The maximum absolute atomic E-state index is 12.3. The zero-order valence-corrected chi connectivity index (χ0v) is 15.6. The molecule has 0 atom stereocenters. The van der Waals surface area contributed by atoms with Gasteiger partial charge in [0, 0.05) is 32.7 Å². The summed E-state index contributed by atoms with van der Waals surface area (Å²) < 4.78 is 10.8. The third kappa shape index (κ3) is 4.25. The average molecular weight is 378 g/mol. The lowest BCUT2D eigenvalue weighted by Crippen LogP contribution is -2.48. The molecule has 7 nitrogen and oxygen atoms in total. The summed E-state index contributed by atoms with van der Waals surface area (Å²) in [6.45, 7) is 4.94. The number of hydrogen-bond donors (Lipinski definition) is 1. The number of amides is 1. The fourth-order valence-corrected chi connectivity index (χ4v) is 3.49. The maximum atomic E-state index is 12.3. The van der Waals surface area contributed by atoms with E-state index in [1.165, 1.54) is 5.56 Å². The molecule has 4 rings (SSSR count). The van der Waals surface area contributed by atoms with Crippen molar-refractivity contribution in [3.8, 4) is 17.6 Å². The Morgan fingerprint density at radius 3 is 2.61 bits per heavy atom. The van der Waals surface area contributed by atoms with Gasteiger partial charge in [-0.15, -0.1) is 0 Å². The molecule has 7 heteroatoms. The predicted molar refractivity (Wildman–Crippen MR) is 104 cm³/mol. The number of ether oxygens (including phenoxy) is 2. The Morgan fingerprint density at radius 1 is 1.04 bits per heavy atom. The first-order valence-electron chi connectivity index (χ1n) is 9.33. The first-order chi connectivity index (χ1) is 13.7. The number of rotatable bonds is 5. The lowest BCUT2D eigenvalue weighted by atomic mass is 10.1. The number of nitriles is 1. The highest BCUT2D eigenvalue weighted by molar-refractivity contribution is 5.93. The topological polar surface area (TPSA) is 77.8 Å². The highest BCUT2D eigenvalue weighted by Crippen LogP contribution is 2.32. The molecule has 2 aliphatic heterocycles. The Morgan fingerprint density at radius 2 is 1.79 bits per heavy atom. The second kappa shape index (κ2) is 8.30. The number of fused-ring (bicyclic) bond motifs is 1. The molecule has 0 unspecified atom stereocenters. The van der Waals surface area contributed by atoms with Crippen LogP contribution in [0.4, 0.5) is 5.69 Å². The van der Waals surface area contributed by atoms with Gasteiger partial charge in [0.25, 0.3) is 0 Å².